The molecule has 0 radical (unpaired) electrons. The number of nitrogens with zero attached hydrogens (tertiary/aromatic N) is 3. The molecule has 0 aliphatic carbocycles. The average Bonchev–Trinajstić information content (AvgIpc) is 2.92. The minimum Gasteiger partial charge on any atom is -0.490 e. The van der Waals surface area contributed by atoms with E-state index in [2.05, 4.69) is 28.8 Å². The van der Waals surface area contributed by atoms with Crippen LogP contribution in [0.25, 0.3) is 0 Å². The molecular weight excluding hydrogens is 348 g/mol. The third-order valence-electron chi connectivity index (χ3n) is 3.61. The van der Waals surface area contributed by atoms with Gasteiger partial charge in [0.15, 0.2) is 0 Å². The molecule has 24 heavy (non-hydrogen) atoms. The van der Waals surface area contributed by atoms with Crippen LogP contribution in [0.4, 0.5) is 10.8 Å². The van der Waals surface area contributed by atoms with Crippen molar-refractivity contribution < 1.29 is 13.2 Å². The van der Waals surface area contributed by atoms with Gasteiger partial charge in [-0.3, -0.25) is 4.72 Å². The van der Waals surface area contributed by atoms with Crippen molar-refractivity contribution in [3.63, 3.8) is 0 Å². The fourth-order valence-electron chi connectivity index (χ4n) is 2.40. The second kappa shape index (κ2) is 6.56. The summed E-state index contributed by atoms with van der Waals surface area (Å²) in [6, 6.07) is 4.84. The van der Waals surface area contributed by atoms with Gasteiger partial charge in [0.25, 0.3) is 10.0 Å². The van der Waals surface area contributed by atoms with Crippen LogP contribution >= 0.6 is 11.3 Å². The summed E-state index contributed by atoms with van der Waals surface area (Å²) in [4.78, 5) is 2.16. The van der Waals surface area contributed by atoms with Crippen molar-refractivity contribution in [2.75, 3.05) is 29.8 Å². The molecule has 1 aliphatic rings. The molecule has 0 saturated heterocycles. The molecule has 0 amide bonds. The van der Waals surface area contributed by atoms with Crippen molar-refractivity contribution in [2.24, 2.45) is 5.92 Å². The van der Waals surface area contributed by atoms with Gasteiger partial charge < -0.3 is 9.64 Å². The normalized spacial score (nSPS) is 14.4. The van der Waals surface area contributed by atoms with E-state index in [9.17, 15) is 8.42 Å². The predicted molar refractivity (Wildman–Crippen MR) is 94.5 cm³/mol. The third kappa shape index (κ3) is 3.62. The average molecular weight is 368 g/mol. The van der Waals surface area contributed by atoms with Gasteiger partial charge in [0.05, 0.1) is 17.1 Å². The Balaban J connectivity index is 1.83. The maximum Gasteiger partial charge on any atom is 0.263 e. The number of likely N-dealkylation sites (N-methyl/N-ethyl adjacent to an activating group) is 1. The van der Waals surface area contributed by atoms with Crippen LogP contribution in [-0.4, -0.2) is 38.8 Å². The molecule has 0 spiro atoms. The fraction of sp³-hybridized carbons (Fsp3) is 0.467. The Morgan fingerprint density at radius 1 is 1.38 bits per heavy atom. The Bertz CT molecular complexity index is 833. The number of nitrogens with one attached hydrogen (secondary N) is 1. The van der Waals surface area contributed by atoms with Crippen LogP contribution in [0.1, 0.15) is 18.9 Å². The van der Waals surface area contributed by atoms with Crippen molar-refractivity contribution in [1.82, 2.24) is 10.2 Å². The maximum absolute atomic E-state index is 12.6. The molecule has 0 unspecified atom stereocenters. The van der Waals surface area contributed by atoms with Gasteiger partial charge in [-0.15, -0.1) is 10.2 Å². The van der Waals surface area contributed by atoms with Crippen LogP contribution in [0.3, 0.4) is 0 Å². The zero-order valence-corrected chi connectivity index (χ0v) is 15.4. The first kappa shape index (κ1) is 17.0. The van der Waals surface area contributed by atoms with Crippen LogP contribution in [0.2, 0.25) is 0 Å². The highest BCUT2D eigenvalue weighted by Crippen LogP contribution is 2.33. The minimum absolute atomic E-state index is 0.180. The lowest BCUT2D eigenvalue weighted by molar-refractivity contribution is 0.311. The van der Waals surface area contributed by atoms with E-state index in [0.29, 0.717) is 18.3 Å². The molecule has 0 atom stereocenters. The summed E-state index contributed by atoms with van der Waals surface area (Å²) < 4.78 is 33.2. The lowest BCUT2D eigenvalue weighted by Gasteiger charge is -2.27. The summed E-state index contributed by atoms with van der Waals surface area (Å²) >= 11 is 1.26. The number of hydrogen-bond donors (Lipinski definition) is 1. The predicted octanol–water partition coefficient (Wildman–Crippen LogP) is 2.37. The van der Waals surface area contributed by atoms with Crippen LogP contribution in [0, 0.1) is 5.92 Å². The van der Waals surface area contributed by atoms with Gasteiger partial charge in [0.1, 0.15) is 17.4 Å². The monoisotopic (exact) mass is 368 g/mol. The van der Waals surface area contributed by atoms with Crippen LogP contribution in [-0.2, 0) is 16.4 Å². The first-order valence-corrected chi connectivity index (χ1v) is 9.98. The summed E-state index contributed by atoms with van der Waals surface area (Å²) in [7, 11) is -1.80. The molecule has 1 aliphatic heterocycles. The van der Waals surface area contributed by atoms with Crippen molar-refractivity contribution in [3.8, 4) is 5.75 Å². The van der Waals surface area contributed by atoms with Gasteiger partial charge in [0, 0.05) is 13.5 Å². The smallest absolute Gasteiger partial charge is 0.263 e. The van der Waals surface area contributed by atoms with Gasteiger partial charge in [-0.05, 0) is 24.1 Å². The van der Waals surface area contributed by atoms with Crippen molar-refractivity contribution in [2.45, 2.75) is 25.2 Å². The van der Waals surface area contributed by atoms with E-state index in [1.807, 2.05) is 11.9 Å². The molecule has 2 heterocycles. The molecule has 0 fully saturated rings. The fourth-order valence-corrected chi connectivity index (χ4v) is 4.60. The first-order chi connectivity index (χ1) is 11.3. The standard InChI is InChI=1S/C15H20N4O3S2/c1-10(2)8-14-16-17-15(23-14)18-24(20,21)11-4-5-13-12(9-11)19(3)6-7-22-13/h4-5,9-10H,6-8H2,1-3H3,(H,17,18). The van der Waals surface area contributed by atoms with E-state index in [1.165, 1.54) is 17.4 Å². The molecule has 0 bridgehead atoms. The zero-order chi connectivity index (χ0) is 17.3. The molecule has 1 aromatic carbocycles. The maximum atomic E-state index is 12.6. The molecule has 3 rings (SSSR count). The van der Waals surface area contributed by atoms with E-state index in [4.69, 9.17) is 4.74 Å². The van der Waals surface area contributed by atoms with E-state index >= 15 is 0 Å². The molecule has 1 N–H and O–H groups in total. The Morgan fingerprint density at radius 2 is 2.17 bits per heavy atom. The zero-order valence-electron chi connectivity index (χ0n) is 13.8. The Labute approximate surface area is 145 Å². The number of anilines is 2. The van der Waals surface area contributed by atoms with Gasteiger partial charge in [-0.1, -0.05) is 25.2 Å². The number of fused-ring (bicyclic) bond motifs is 1. The van der Waals surface area contributed by atoms with E-state index in [-0.39, 0.29) is 10.0 Å². The van der Waals surface area contributed by atoms with Crippen molar-refractivity contribution >= 4 is 32.2 Å². The van der Waals surface area contributed by atoms with Gasteiger partial charge in [0.2, 0.25) is 5.13 Å². The number of benzene rings is 1. The summed E-state index contributed by atoms with van der Waals surface area (Å²) in [6.45, 7) is 5.48. The molecule has 9 heteroatoms. The SMILES string of the molecule is CC(C)Cc1nnc(NS(=O)(=O)c2ccc3c(c2)N(C)CCO3)s1. The number of ether oxygens (including phenoxy) is 1. The molecular formula is C15H20N4O3S2. The largest absolute Gasteiger partial charge is 0.490 e. The first-order valence-electron chi connectivity index (χ1n) is 7.68. The summed E-state index contributed by atoms with van der Waals surface area (Å²) in [5.41, 5.74) is 0.766. The molecule has 0 saturated carbocycles. The molecule has 2 aromatic rings. The molecule has 130 valence electrons. The lowest BCUT2D eigenvalue weighted by Crippen LogP contribution is -2.29. The summed E-state index contributed by atoms with van der Waals surface area (Å²) in [5.74, 6) is 1.14. The minimum atomic E-state index is -3.71. The Kier molecular flexibility index (Phi) is 4.64. The molecule has 7 nitrogen and oxygen atoms in total. The number of hydrogen-bond acceptors (Lipinski definition) is 7. The lowest BCUT2D eigenvalue weighted by atomic mass is 10.1. The van der Waals surface area contributed by atoms with Gasteiger partial charge >= 0.3 is 0 Å². The third-order valence-corrected chi connectivity index (χ3v) is 5.93. The highest BCUT2D eigenvalue weighted by molar-refractivity contribution is 7.93. The Morgan fingerprint density at radius 3 is 2.92 bits per heavy atom. The highest BCUT2D eigenvalue weighted by atomic mass is 32.2. The highest BCUT2D eigenvalue weighted by Gasteiger charge is 2.22. The van der Waals surface area contributed by atoms with Crippen LogP contribution in [0.5, 0.6) is 5.75 Å². The van der Waals surface area contributed by atoms with E-state index in [1.54, 1.807) is 12.1 Å². The quantitative estimate of drug-likeness (QED) is 0.872. The summed E-state index contributed by atoms with van der Waals surface area (Å²) in [6.07, 6.45) is 0.778. The topological polar surface area (TPSA) is 84.4 Å². The Hall–Kier alpha value is -1.87. The van der Waals surface area contributed by atoms with Gasteiger partial charge in [-0.25, -0.2) is 8.42 Å². The van der Waals surface area contributed by atoms with E-state index in [0.717, 1.165) is 23.7 Å². The number of rotatable bonds is 5. The summed E-state index contributed by atoms with van der Waals surface area (Å²) in [5, 5.41) is 9.06. The van der Waals surface area contributed by atoms with Gasteiger partial charge in [-0.2, -0.15) is 0 Å². The van der Waals surface area contributed by atoms with Crippen LogP contribution in [0.15, 0.2) is 23.1 Å². The second-order valence-electron chi connectivity index (χ2n) is 6.10. The van der Waals surface area contributed by atoms with Crippen molar-refractivity contribution in [1.29, 1.82) is 0 Å². The van der Waals surface area contributed by atoms with E-state index < -0.39 is 10.0 Å². The number of sulfonamides is 1. The second-order valence-corrected chi connectivity index (χ2v) is 8.85. The molecule has 1 aromatic heterocycles. The van der Waals surface area contributed by atoms with Crippen molar-refractivity contribution in [3.05, 3.63) is 23.2 Å². The number of aromatic nitrogens is 2. The van der Waals surface area contributed by atoms with Crippen LogP contribution < -0.4 is 14.4 Å².